The van der Waals surface area contributed by atoms with Crippen molar-refractivity contribution >= 4 is 17.3 Å². The summed E-state index contributed by atoms with van der Waals surface area (Å²) in [6.07, 6.45) is 0. The topological polar surface area (TPSA) is 51.0 Å². The SMILES string of the molecule is Cc1ccc(N[C@@H](c2ccccc2)c2nnc(-c3ccccc3)o2)cc1Cl. The van der Waals surface area contributed by atoms with Crippen LogP contribution in [0.15, 0.2) is 83.3 Å². The van der Waals surface area contributed by atoms with Crippen LogP contribution in [0.2, 0.25) is 5.02 Å². The summed E-state index contributed by atoms with van der Waals surface area (Å²) in [5, 5.41) is 12.7. The highest BCUT2D eigenvalue weighted by molar-refractivity contribution is 6.31. The molecule has 1 atom stereocenters. The van der Waals surface area contributed by atoms with Gasteiger partial charge in [0, 0.05) is 16.3 Å². The van der Waals surface area contributed by atoms with Gasteiger partial charge in [0.1, 0.15) is 6.04 Å². The van der Waals surface area contributed by atoms with Gasteiger partial charge < -0.3 is 9.73 Å². The maximum absolute atomic E-state index is 6.28. The molecule has 0 unspecified atom stereocenters. The van der Waals surface area contributed by atoms with Crippen molar-refractivity contribution in [1.82, 2.24) is 10.2 Å². The molecule has 0 bridgehead atoms. The van der Waals surface area contributed by atoms with Crippen molar-refractivity contribution in [3.63, 3.8) is 0 Å². The first kappa shape index (κ1) is 17.3. The first-order valence-electron chi connectivity index (χ1n) is 8.67. The molecule has 27 heavy (non-hydrogen) atoms. The Morgan fingerprint density at radius 3 is 2.30 bits per heavy atom. The number of hydrogen-bond donors (Lipinski definition) is 1. The van der Waals surface area contributed by atoms with Crippen molar-refractivity contribution in [1.29, 1.82) is 0 Å². The van der Waals surface area contributed by atoms with Gasteiger partial charge in [-0.2, -0.15) is 0 Å². The number of rotatable bonds is 5. The van der Waals surface area contributed by atoms with Crippen LogP contribution in [0.3, 0.4) is 0 Å². The lowest BCUT2D eigenvalue weighted by Crippen LogP contribution is -2.13. The smallest absolute Gasteiger partial charge is 0.247 e. The Morgan fingerprint density at radius 1 is 0.889 bits per heavy atom. The number of nitrogens with zero attached hydrogens (tertiary/aromatic N) is 2. The largest absolute Gasteiger partial charge is 0.418 e. The van der Waals surface area contributed by atoms with E-state index in [0.717, 1.165) is 22.4 Å². The summed E-state index contributed by atoms with van der Waals surface area (Å²) in [7, 11) is 0. The molecule has 4 nitrogen and oxygen atoms in total. The molecule has 3 aromatic carbocycles. The average Bonchev–Trinajstić information content (AvgIpc) is 3.20. The Morgan fingerprint density at radius 2 is 1.59 bits per heavy atom. The first-order chi connectivity index (χ1) is 13.2. The molecule has 0 aliphatic rings. The molecule has 5 heteroatoms. The van der Waals surface area contributed by atoms with Crippen LogP contribution in [0.25, 0.3) is 11.5 Å². The molecule has 1 N–H and O–H groups in total. The lowest BCUT2D eigenvalue weighted by Gasteiger charge is -2.17. The van der Waals surface area contributed by atoms with Gasteiger partial charge in [-0.25, -0.2) is 0 Å². The second-order valence-electron chi connectivity index (χ2n) is 6.26. The molecule has 0 fully saturated rings. The Kier molecular flexibility index (Phi) is 4.90. The van der Waals surface area contributed by atoms with Gasteiger partial charge in [0.2, 0.25) is 11.8 Å². The minimum atomic E-state index is -0.282. The molecular weight excluding hydrogens is 358 g/mol. The molecule has 0 radical (unpaired) electrons. The van der Waals surface area contributed by atoms with Crippen LogP contribution >= 0.6 is 11.6 Å². The molecule has 0 aliphatic heterocycles. The molecule has 0 saturated carbocycles. The Balaban J connectivity index is 1.70. The van der Waals surface area contributed by atoms with Gasteiger partial charge in [-0.05, 0) is 42.3 Å². The van der Waals surface area contributed by atoms with Crippen LogP contribution in [-0.4, -0.2) is 10.2 Å². The maximum atomic E-state index is 6.28. The van der Waals surface area contributed by atoms with Crippen LogP contribution in [0, 0.1) is 6.92 Å². The molecular formula is C22H18ClN3O. The van der Waals surface area contributed by atoms with Crippen molar-refractivity contribution in [2.24, 2.45) is 0 Å². The van der Waals surface area contributed by atoms with Crippen LogP contribution in [0.1, 0.15) is 23.1 Å². The molecule has 1 heterocycles. The number of anilines is 1. The molecule has 134 valence electrons. The standard InChI is InChI=1S/C22H18ClN3O/c1-15-12-13-18(14-19(15)23)24-20(16-8-4-2-5-9-16)22-26-25-21(27-22)17-10-6-3-7-11-17/h2-14,20,24H,1H3/t20-/m0/s1. The van der Waals surface area contributed by atoms with Gasteiger partial charge in [-0.1, -0.05) is 66.2 Å². The predicted octanol–water partition coefficient (Wildman–Crippen LogP) is 5.90. The summed E-state index contributed by atoms with van der Waals surface area (Å²) >= 11 is 6.28. The van der Waals surface area contributed by atoms with E-state index in [1.165, 1.54) is 0 Å². The van der Waals surface area contributed by atoms with Crippen molar-refractivity contribution in [3.05, 3.63) is 101 Å². The zero-order valence-electron chi connectivity index (χ0n) is 14.8. The monoisotopic (exact) mass is 375 g/mol. The average molecular weight is 376 g/mol. The molecule has 0 saturated heterocycles. The number of hydrogen-bond acceptors (Lipinski definition) is 4. The first-order valence-corrected chi connectivity index (χ1v) is 9.05. The van der Waals surface area contributed by atoms with Gasteiger partial charge in [0.15, 0.2) is 0 Å². The minimum Gasteiger partial charge on any atom is -0.418 e. The van der Waals surface area contributed by atoms with Gasteiger partial charge >= 0.3 is 0 Å². The fourth-order valence-corrected chi connectivity index (χ4v) is 3.01. The van der Waals surface area contributed by atoms with Gasteiger partial charge in [0.25, 0.3) is 0 Å². The lowest BCUT2D eigenvalue weighted by molar-refractivity contribution is 0.494. The van der Waals surface area contributed by atoms with Crippen molar-refractivity contribution in [3.8, 4) is 11.5 Å². The third-order valence-corrected chi connectivity index (χ3v) is 4.73. The highest BCUT2D eigenvalue weighted by Gasteiger charge is 2.21. The maximum Gasteiger partial charge on any atom is 0.247 e. The molecule has 0 spiro atoms. The number of aromatic nitrogens is 2. The molecule has 0 amide bonds. The highest BCUT2D eigenvalue weighted by Crippen LogP contribution is 2.30. The fraction of sp³-hybridized carbons (Fsp3) is 0.0909. The van der Waals surface area contributed by atoms with E-state index in [1.54, 1.807) is 0 Å². The van der Waals surface area contributed by atoms with E-state index in [-0.39, 0.29) is 6.04 Å². The highest BCUT2D eigenvalue weighted by atomic mass is 35.5. The molecule has 4 rings (SSSR count). The fourth-order valence-electron chi connectivity index (χ4n) is 2.83. The van der Waals surface area contributed by atoms with Crippen LogP contribution in [0.4, 0.5) is 5.69 Å². The van der Waals surface area contributed by atoms with E-state index < -0.39 is 0 Å². The summed E-state index contributed by atoms with van der Waals surface area (Å²) in [6.45, 7) is 1.98. The zero-order valence-corrected chi connectivity index (χ0v) is 15.5. The molecule has 0 aliphatic carbocycles. The second kappa shape index (κ2) is 7.64. The van der Waals surface area contributed by atoms with Crippen molar-refractivity contribution < 1.29 is 4.42 Å². The minimum absolute atomic E-state index is 0.282. The van der Waals surface area contributed by atoms with Gasteiger partial charge in [-0.15, -0.1) is 10.2 Å². The lowest BCUT2D eigenvalue weighted by atomic mass is 10.1. The number of halogens is 1. The zero-order chi connectivity index (χ0) is 18.6. The van der Waals surface area contributed by atoms with Crippen molar-refractivity contribution in [2.45, 2.75) is 13.0 Å². The Hall–Kier alpha value is -3.11. The van der Waals surface area contributed by atoms with E-state index >= 15 is 0 Å². The van der Waals surface area contributed by atoms with E-state index in [2.05, 4.69) is 15.5 Å². The van der Waals surface area contributed by atoms with E-state index in [4.69, 9.17) is 16.0 Å². The van der Waals surface area contributed by atoms with Crippen LogP contribution < -0.4 is 5.32 Å². The van der Waals surface area contributed by atoms with Gasteiger partial charge in [-0.3, -0.25) is 0 Å². The van der Waals surface area contributed by atoms with E-state index in [1.807, 2.05) is 85.8 Å². The number of aryl methyl sites for hydroxylation is 1. The van der Waals surface area contributed by atoms with E-state index in [0.29, 0.717) is 16.8 Å². The molecule has 1 aromatic heterocycles. The normalized spacial score (nSPS) is 11.9. The summed E-state index contributed by atoms with van der Waals surface area (Å²) in [5.41, 5.74) is 3.83. The second-order valence-corrected chi connectivity index (χ2v) is 6.67. The summed E-state index contributed by atoms with van der Waals surface area (Å²) in [4.78, 5) is 0. The third-order valence-electron chi connectivity index (χ3n) is 4.32. The van der Waals surface area contributed by atoms with E-state index in [9.17, 15) is 0 Å². The Labute approximate surface area is 162 Å². The summed E-state index contributed by atoms with van der Waals surface area (Å²) in [6, 6.07) is 25.3. The summed E-state index contributed by atoms with van der Waals surface area (Å²) in [5.74, 6) is 0.993. The number of nitrogens with one attached hydrogen (secondary N) is 1. The Bertz CT molecular complexity index is 1030. The predicted molar refractivity (Wildman–Crippen MR) is 108 cm³/mol. The van der Waals surface area contributed by atoms with Crippen LogP contribution in [-0.2, 0) is 0 Å². The van der Waals surface area contributed by atoms with Gasteiger partial charge in [0.05, 0.1) is 0 Å². The van der Waals surface area contributed by atoms with Crippen molar-refractivity contribution in [2.75, 3.05) is 5.32 Å². The molecule has 4 aromatic rings. The number of benzene rings is 3. The summed E-state index contributed by atoms with van der Waals surface area (Å²) < 4.78 is 5.99. The van der Waals surface area contributed by atoms with Crippen LogP contribution in [0.5, 0.6) is 0 Å². The quantitative estimate of drug-likeness (QED) is 0.471. The third kappa shape index (κ3) is 3.86.